The molecule has 0 saturated carbocycles. The lowest BCUT2D eigenvalue weighted by atomic mass is 10.4. The summed E-state index contributed by atoms with van der Waals surface area (Å²) in [6.45, 7) is 9.79. The standard InChI is InChI=1S/C17H22Br2Si2/c1-20(2,15-11-7-5-8-12-15)17(18,19)21(3,4)16-13-9-6-10-14-16/h5-14H,1-4H3. The second kappa shape index (κ2) is 6.15. The molecule has 0 heterocycles. The van der Waals surface area contributed by atoms with Crippen LogP contribution in [0.4, 0.5) is 0 Å². The highest BCUT2D eigenvalue weighted by Gasteiger charge is 2.55. The highest BCUT2D eigenvalue weighted by molar-refractivity contribution is 9.27. The largest absolute Gasteiger partial charge is 0.108 e. The van der Waals surface area contributed by atoms with E-state index in [2.05, 4.69) is 119 Å². The molecule has 21 heavy (non-hydrogen) atoms. The van der Waals surface area contributed by atoms with Gasteiger partial charge >= 0.3 is 0 Å². The first-order valence-electron chi connectivity index (χ1n) is 7.20. The molecule has 0 aromatic heterocycles. The van der Waals surface area contributed by atoms with Crippen LogP contribution in [0.2, 0.25) is 26.2 Å². The van der Waals surface area contributed by atoms with Gasteiger partial charge in [-0.1, -0.05) is 129 Å². The number of hydrogen-bond acceptors (Lipinski definition) is 0. The van der Waals surface area contributed by atoms with Gasteiger partial charge in [-0.15, -0.1) is 0 Å². The van der Waals surface area contributed by atoms with Gasteiger partial charge in [0, 0.05) is 0 Å². The predicted octanol–water partition coefficient (Wildman–Crippen LogP) is 4.78. The minimum Gasteiger partial charge on any atom is -0.0793 e. The van der Waals surface area contributed by atoms with Crippen LogP contribution in [-0.4, -0.2) is 18.6 Å². The van der Waals surface area contributed by atoms with E-state index in [0.717, 1.165) is 0 Å². The molecule has 0 aliphatic rings. The van der Waals surface area contributed by atoms with E-state index in [1.165, 1.54) is 10.4 Å². The van der Waals surface area contributed by atoms with Gasteiger partial charge in [-0.2, -0.15) is 0 Å². The molecule has 0 bridgehead atoms. The third-order valence-corrected chi connectivity index (χ3v) is 26.9. The molecule has 0 saturated heterocycles. The van der Waals surface area contributed by atoms with Gasteiger partial charge in [0.2, 0.25) is 0 Å². The van der Waals surface area contributed by atoms with Gasteiger partial charge in [0.05, 0.1) is 2.48 Å². The molecule has 2 rings (SSSR count). The van der Waals surface area contributed by atoms with Crippen LogP contribution in [0.25, 0.3) is 0 Å². The van der Waals surface area contributed by atoms with Crippen molar-refractivity contribution in [1.82, 2.24) is 0 Å². The molecule has 0 unspecified atom stereocenters. The third kappa shape index (κ3) is 3.00. The first-order chi connectivity index (χ1) is 9.71. The average molecular weight is 442 g/mol. The van der Waals surface area contributed by atoms with Crippen LogP contribution in [0.3, 0.4) is 0 Å². The molecule has 0 radical (unpaired) electrons. The van der Waals surface area contributed by atoms with E-state index in [1.54, 1.807) is 0 Å². The van der Waals surface area contributed by atoms with E-state index in [9.17, 15) is 0 Å². The van der Waals surface area contributed by atoms with E-state index in [4.69, 9.17) is 0 Å². The first-order valence-corrected chi connectivity index (χ1v) is 14.8. The fourth-order valence-corrected chi connectivity index (χ4v) is 15.5. The lowest BCUT2D eigenvalue weighted by molar-refractivity contribution is 1.47. The topological polar surface area (TPSA) is 0 Å². The quantitative estimate of drug-likeness (QED) is 0.472. The van der Waals surface area contributed by atoms with Gasteiger partial charge in [-0.3, -0.25) is 0 Å². The Morgan fingerprint density at radius 2 is 0.905 bits per heavy atom. The number of rotatable bonds is 4. The molecule has 0 aliphatic carbocycles. The number of alkyl halides is 2. The van der Waals surface area contributed by atoms with Gasteiger partial charge in [-0.05, 0) is 0 Å². The van der Waals surface area contributed by atoms with Gasteiger partial charge in [0.25, 0.3) is 0 Å². The molecule has 2 aromatic rings. The zero-order valence-electron chi connectivity index (χ0n) is 13.0. The Bertz CT molecular complexity index is 539. The van der Waals surface area contributed by atoms with Gasteiger partial charge < -0.3 is 0 Å². The normalized spacial score (nSPS) is 13.2. The summed E-state index contributed by atoms with van der Waals surface area (Å²) in [7, 11) is -3.46. The van der Waals surface area contributed by atoms with Crippen LogP contribution in [0.15, 0.2) is 60.7 Å². The van der Waals surface area contributed by atoms with E-state index in [1.807, 2.05) is 0 Å². The van der Waals surface area contributed by atoms with Crippen molar-refractivity contribution < 1.29 is 0 Å². The Balaban J connectivity index is 2.50. The highest BCUT2D eigenvalue weighted by Crippen LogP contribution is 2.44. The van der Waals surface area contributed by atoms with Crippen molar-refractivity contribution in [3.63, 3.8) is 0 Å². The molecule has 0 N–H and O–H groups in total. The predicted molar refractivity (Wildman–Crippen MR) is 108 cm³/mol. The first kappa shape index (κ1) is 17.2. The summed E-state index contributed by atoms with van der Waals surface area (Å²) in [5.74, 6) is 0. The SMILES string of the molecule is C[Si](C)(c1ccccc1)C(Br)(Br)[Si](C)(C)c1ccccc1. The maximum absolute atomic E-state index is 4.14. The van der Waals surface area contributed by atoms with Gasteiger partial charge in [-0.25, -0.2) is 0 Å². The zero-order chi connectivity index (χ0) is 15.7. The Morgan fingerprint density at radius 1 is 0.619 bits per heavy atom. The Kier molecular flexibility index (Phi) is 5.03. The van der Waals surface area contributed by atoms with Crippen molar-refractivity contribution >= 4 is 58.4 Å². The maximum Gasteiger partial charge on any atom is 0.108 e. The van der Waals surface area contributed by atoms with Crippen molar-refractivity contribution in [3.8, 4) is 0 Å². The van der Waals surface area contributed by atoms with Crippen molar-refractivity contribution in [1.29, 1.82) is 0 Å². The fourth-order valence-electron chi connectivity index (χ4n) is 2.85. The molecule has 2 aromatic carbocycles. The molecular weight excluding hydrogens is 420 g/mol. The summed E-state index contributed by atoms with van der Waals surface area (Å²) < 4.78 is 0.00269. The lowest BCUT2D eigenvalue weighted by Gasteiger charge is -2.47. The minimum absolute atomic E-state index is 0.00269. The Hall–Kier alpha value is -0.166. The average Bonchev–Trinajstić information content (AvgIpc) is 2.48. The summed E-state index contributed by atoms with van der Waals surface area (Å²) in [5, 5.41) is 2.96. The van der Waals surface area contributed by atoms with Crippen LogP contribution in [0.5, 0.6) is 0 Å². The molecule has 0 atom stereocenters. The molecular formula is C17H22Br2Si2. The van der Waals surface area contributed by atoms with Crippen molar-refractivity contribution in [2.24, 2.45) is 0 Å². The van der Waals surface area contributed by atoms with Crippen molar-refractivity contribution in [3.05, 3.63) is 60.7 Å². The summed E-state index contributed by atoms with van der Waals surface area (Å²) in [4.78, 5) is 0. The molecule has 0 spiro atoms. The van der Waals surface area contributed by atoms with Crippen molar-refractivity contribution in [2.45, 2.75) is 28.7 Å². The summed E-state index contributed by atoms with van der Waals surface area (Å²) in [6, 6.07) is 21.9. The van der Waals surface area contributed by atoms with Crippen LogP contribution < -0.4 is 10.4 Å². The molecule has 4 heteroatoms. The smallest absolute Gasteiger partial charge is 0.0793 e. The van der Waals surface area contributed by atoms with Crippen LogP contribution >= 0.6 is 31.9 Å². The molecule has 0 nitrogen and oxygen atoms in total. The fraction of sp³-hybridized carbons (Fsp3) is 0.294. The highest BCUT2D eigenvalue weighted by atomic mass is 79.9. The van der Waals surface area contributed by atoms with Crippen LogP contribution in [0, 0.1) is 0 Å². The molecule has 112 valence electrons. The number of benzene rings is 2. The van der Waals surface area contributed by atoms with Crippen molar-refractivity contribution in [2.75, 3.05) is 0 Å². The number of hydrogen-bond donors (Lipinski definition) is 0. The third-order valence-electron chi connectivity index (χ3n) is 4.56. The second-order valence-electron chi connectivity index (χ2n) is 6.56. The van der Waals surface area contributed by atoms with Crippen LogP contribution in [-0.2, 0) is 0 Å². The van der Waals surface area contributed by atoms with E-state index >= 15 is 0 Å². The second-order valence-corrected chi connectivity index (χ2v) is 22.6. The number of halogens is 2. The zero-order valence-corrected chi connectivity index (χ0v) is 18.2. The monoisotopic (exact) mass is 440 g/mol. The summed E-state index contributed by atoms with van der Waals surface area (Å²) in [6.07, 6.45) is 0. The van der Waals surface area contributed by atoms with E-state index < -0.39 is 16.1 Å². The molecule has 0 fully saturated rings. The van der Waals surface area contributed by atoms with E-state index in [-0.39, 0.29) is 2.48 Å². The summed E-state index contributed by atoms with van der Waals surface area (Å²) >= 11 is 8.28. The molecule has 0 amide bonds. The maximum atomic E-state index is 4.14. The Labute approximate surface area is 147 Å². The molecule has 0 aliphatic heterocycles. The minimum atomic E-state index is -1.73. The van der Waals surface area contributed by atoms with Gasteiger partial charge in [0.15, 0.2) is 0 Å². The lowest BCUT2D eigenvalue weighted by Crippen LogP contribution is -2.70. The van der Waals surface area contributed by atoms with E-state index in [0.29, 0.717) is 0 Å². The Morgan fingerprint density at radius 3 is 1.19 bits per heavy atom. The van der Waals surface area contributed by atoms with Crippen LogP contribution in [0.1, 0.15) is 0 Å². The summed E-state index contributed by atoms with van der Waals surface area (Å²) in [5.41, 5.74) is 0. The van der Waals surface area contributed by atoms with Gasteiger partial charge in [0.1, 0.15) is 16.1 Å².